The fourth-order valence-electron chi connectivity index (χ4n) is 2.08. The predicted molar refractivity (Wildman–Crippen MR) is 60.8 cm³/mol. The van der Waals surface area contributed by atoms with E-state index >= 15 is 0 Å². The molecule has 0 bridgehead atoms. The quantitative estimate of drug-likeness (QED) is 0.569. The van der Waals surface area contributed by atoms with Gasteiger partial charge >= 0.3 is 0 Å². The molecule has 0 aromatic carbocycles. The molecular formula is C11H24N2O2. The first-order chi connectivity index (χ1) is 7.26. The van der Waals surface area contributed by atoms with Crippen LogP contribution in [0, 0.1) is 5.92 Å². The van der Waals surface area contributed by atoms with Crippen LogP contribution in [-0.4, -0.2) is 60.5 Å². The highest BCUT2D eigenvalue weighted by atomic mass is 16.3. The van der Waals surface area contributed by atoms with Gasteiger partial charge in [-0.3, -0.25) is 0 Å². The Labute approximate surface area is 92.3 Å². The minimum Gasteiger partial charge on any atom is -0.394 e. The van der Waals surface area contributed by atoms with Gasteiger partial charge in [-0.15, -0.1) is 0 Å². The zero-order valence-corrected chi connectivity index (χ0v) is 9.65. The molecule has 1 saturated heterocycles. The molecule has 0 aromatic rings. The molecule has 4 heteroatoms. The van der Waals surface area contributed by atoms with Crippen LogP contribution in [0.1, 0.15) is 19.8 Å². The standard InChI is InChI=1S/C11H24N2O2/c1-2-12-7-10-3-5-13(6-4-10)8-11(15)9-14/h10-12,14-15H,2-9H2,1H3. The van der Waals surface area contributed by atoms with Gasteiger partial charge in [-0.1, -0.05) is 6.92 Å². The molecule has 15 heavy (non-hydrogen) atoms. The second-order valence-corrected chi connectivity index (χ2v) is 4.39. The van der Waals surface area contributed by atoms with Crippen molar-refractivity contribution in [3.05, 3.63) is 0 Å². The van der Waals surface area contributed by atoms with Gasteiger partial charge in [-0.05, 0) is 44.9 Å². The molecule has 1 unspecified atom stereocenters. The lowest BCUT2D eigenvalue weighted by molar-refractivity contribution is 0.0474. The zero-order valence-electron chi connectivity index (χ0n) is 9.65. The minimum absolute atomic E-state index is 0.128. The number of nitrogens with zero attached hydrogens (tertiary/aromatic N) is 1. The fraction of sp³-hybridized carbons (Fsp3) is 1.00. The van der Waals surface area contributed by atoms with Crippen LogP contribution in [0.15, 0.2) is 0 Å². The van der Waals surface area contributed by atoms with Crippen molar-refractivity contribution in [3.63, 3.8) is 0 Å². The molecule has 0 spiro atoms. The molecule has 1 aliphatic heterocycles. The molecule has 0 aliphatic carbocycles. The van der Waals surface area contributed by atoms with Gasteiger partial charge in [0.25, 0.3) is 0 Å². The van der Waals surface area contributed by atoms with Crippen molar-refractivity contribution in [1.29, 1.82) is 0 Å². The highest BCUT2D eigenvalue weighted by Gasteiger charge is 2.20. The summed E-state index contributed by atoms with van der Waals surface area (Å²) in [4.78, 5) is 2.24. The van der Waals surface area contributed by atoms with Gasteiger partial charge in [0.05, 0.1) is 12.7 Å². The van der Waals surface area contributed by atoms with Crippen molar-refractivity contribution in [2.24, 2.45) is 5.92 Å². The summed E-state index contributed by atoms with van der Waals surface area (Å²) in [5, 5.41) is 21.4. The normalized spacial score (nSPS) is 21.8. The Morgan fingerprint density at radius 1 is 1.40 bits per heavy atom. The van der Waals surface area contributed by atoms with Gasteiger partial charge in [-0.2, -0.15) is 0 Å². The summed E-state index contributed by atoms with van der Waals surface area (Å²) >= 11 is 0. The molecule has 3 N–H and O–H groups in total. The van der Waals surface area contributed by atoms with E-state index in [9.17, 15) is 5.11 Å². The van der Waals surface area contributed by atoms with E-state index < -0.39 is 6.10 Å². The zero-order chi connectivity index (χ0) is 11.1. The molecule has 4 nitrogen and oxygen atoms in total. The number of aliphatic hydroxyl groups excluding tert-OH is 2. The lowest BCUT2D eigenvalue weighted by atomic mass is 9.96. The van der Waals surface area contributed by atoms with E-state index in [1.54, 1.807) is 0 Å². The van der Waals surface area contributed by atoms with Crippen LogP contribution in [0.4, 0.5) is 0 Å². The number of β-amino-alcohol motifs (C(OH)–C–C–N with tert-alkyl or cyclic N) is 1. The van der Waals surface area contributed by atoms with Crippen LogP contribution >= 0.6 is 0 Å². The maximum atomic E-state index is 9.31. The van der Waals surface area contributed by atoms with Crippen molar-refractivity contribution in [3.8, 4) is 0 Å². The Balaban J connectivity index is 2.12. The first kappa shape index (κ1) is 12.9. The Hall–Kier alpha value is -0.160. The fourth-order valence-corrected chi connectivity index (χ4v) is 2.08. The molecule has 0 saturated carbocycles. The summed E-state index contributed by atoms with van der Waals surface area (Å²) < 4.78 is 0. The smallest absolute Gasteiger partial charge is 0.0897 e. The maximum Gasteiger partial charge on any atom is 0.0897 e. The average Bonchev–Trinajstić information content (AvgIpc) is 2.28. The van der Waals surface area contributed by atoms with Gasteiger partial charge in [-0.25, -0.2) is 0 Å². The summed E-state index contributed by atoms with van der Waals surface area (Å²) in [5.41, 5.74) is 0. The van der Waals surface area contributed by atoms with Crippen molar-refractivity contribution in [1.82, 2.24) is 10.2 Å². The van der Waals surface area contributed by atoms with Crippen LogP contribution in [0.25, 0.3) is 0 Å². The molecule has 0 aromatic heterocycles. The Kier molecular flexibility index (Phi) is 6.17. The van der Waals surface area contributed by atoms with Crippen molar-refractivity contribution in [2.75, 3.05) is 39.3 Å². The third kappa shape index (κ3) is 4.93. The summed E-state index contributed by atoms with van der Waals surface area (Å²) in [6.07, 6.45) is 1.83. The van der Waals surface area contributed by atoms with Crippen LogP contribution in [0.5, 0.6) is 0 Å². The summed E-state index contributed by atoms with van der Waals surface area (Å²) in [7, 11) is 0. The Morgan fingerprint density at radius 3 is 2.60 bits per heavy atom. The highest BCUT2D eigenvalue weighted by Crippen LogP contribution is 2.16. The maximum absolute atomic E-state index is 9.31. The molecule has 0 radical (unpaired) electrons. The molecule has 1 rings (SSSR count). The molecule has 1 aliphatic rings. The topological polar surface area (TPSA) is 55.7 Å². The third-order valence-corrected chi connectivity index (χ3v) is 3.07. The van der Waals surface area contributed by atoms with Crippen LogP contribution < -0.4 is 5.32 Å². The van der Waals surface area contributed by atoms with E-state index in [0.717, 1.165) is 32.1 Å². The van der Waals surface area contributed by atoms with E-state index in [1.165, 1.54) is 12.8 Å². The summed E-state index contributed by atoms with van der Waals surface area (Å²) in [6.45, 7) is 6.88. The van der Waals surface area contributed by atoms with E-state index in [2.05, 4.69) is 17.1 Å². The molecule has 1 atom stereocenters. The van der Waals surface area contributed by atoms with Crippen molar-refractivity contribution in [2.45, 2.75) is 25.9 Å². The van der Waals surface area contributed by atoms with Gasteiger partial charge in [0.2, 0.25) is 0 Å². The van der Waals surface area contributed by atoms with Crippen LogP contribution in [0.2, 0.25) is 0 Å². The first-order valence-electron chi connectivity index (χ1n) is 5.98. The van der Waals surface area contributed by atoms with E-state index in [1.807, 2.05) is 0 Å². The SMILES string of the molecule is CCNCC1CCN(CC(O)CO)CC1. The number of piperidine rings is 1. The number of likely N-dealkylation sites (tertiary alicyclic amines) is 1. The Morgan fingerprint density at radius 2 is 2.07 bits per heavy atom. The van der Waals surface area contributed by atoms with E-state index in [4.69, 9.17) is 5.11 Å². The van der Waals surface area contributed by atoms with E-state index in [0.29, 0.717) is 6.54 Å². The number of rotatable bonds is 6. The highest BCUT2D eigenvalue weighted by molar-refractivity contribution is 4.75. The average molecular weight is 216 g/mol. The van der Waals surface area contributed by atoms with Gasteiger partial charge in [0.15, 0.2) is 0 Å². The summed E-state index contributed by atoms with van der Waals surface area (Å²) in [5.74, 6) is 0.785. The molecule has 90 valence electrons. The number of hydrogen-bond donors (Lipinski definition) is 3. The second kappa shape index (κ2) is 7.17. The van der Waals surface area contributed by atoms with Crippen molar-refractivity contribution < 1.29 is 10.2 Å². The number of nitrogens with one attached hydrogen (secondary N) is 1. The predicted octanol–water partition coefficient (Wildman–Crippen LogP) is -0.339. The van der Waals surface area contributed by atoms with E-state index in [-0.39, 0.29) is 6.61 Å². The third-order valence-electron chi connectivity index (χ3n) is 3.07. The molecule has 1 fully saturated rings. The minimum atomic E-state index is -0.574. The summed E-state index contributed by atoms with van der Waals surface area (Å²) in [6, 6.07) is 0. The van der Waals surface area contributed by atoms with Gasteiger partial charge in [0, 0.05) is 6.54 Å². The van der Waals surface area contributed by atoms with Crippen LogP contribution in [0.3, 0.4) is 0 Å². The lowest BCUT2D eigenvalue weighted by Gasteiger charge is -2.32. The monoisotopic (exact) mass is 216 g/mol. The Bertz CT molecular complexity index is 159. The largest absolute Gasteiger partial charge is 0.394 e. The number of hydrogen-bond acceptors (Lipinski definition) is 4. The van der Waals surface area contributed by atoms with Crippen molar-refractivity contribution >= 4 is 0 Å². The van der Waals surface area contributed by atoms with Gasteiger partial charge in [0.1, 0.15) is 0 Å². The molecule has 1 heterocycles. The first-order valence-corrected chi connectivity index (χ1v) is 5.98. The lowest BCUT2D eigenvalue weighted by Crippen LogP contribution is -2.41. The molecular weight excluding hydrogens is 192 g/mol. The van der Waals surface area contributed by atoms with Crippen LogP contribution in [-0.2, 0) is 0 Å². The second-order valence-electron chi connectivity index (χ2n) is 4.39. The number of aliphatic hydroxyl groups is 2. The molecule has 0 amide bonds. The van der Waals surface area contributed by atoms with Gasteiger partial charge < -0.3 is 20.4 Å².